The average molecular weight is 945 g/mol. The molecule has 5 N–H and O–H groups in total. The number of phenolic OH excluding ortho intramolecular Hbond substituents is 3. The molecule has 0 amide bonds. The molecule has 0 aromatic heterocycles. The average Bonchev–Trinajstić information content (AvgIpc) is 3.34. The van der Waals surface area contributed by atoms with Crippen molar-refractivity contribution in [2.75, 3.05) is 20.8 Å². The third kappa shape index (κ3) is 8.64. The number of phenols is 3. The molecule has 0 spiro atoms. The molecule has 11 nitrogen and oxygen atoms in total. The zero-order valence-corrected chi connectivity index (χ0v) is 39.7. The van der Waals surface area contributed by atoms with Crippen LogP contribution >= 0.6 is 0 Å². The molecule has 6 aromatic rings. The van der Waals surface area contributed by atoms with Crippen LogP contribution in [0.3, 0.4) is 0 Å². The van der Waals surface area contributed by atoms with E-state index in [4.69, 9.17) is 18.9 Å². The van der Waals surface area contributed by atoms with Gasteiger partial charge in [-0.15, -0.1) is 0 Å². The lowest BCUT2D eigenvalue weighted by atomic mass is 9.40. The molecule has 0 radical (unpaired) electrons. The first-order valence-electron chi connectivity index (χ1n) is 24.4. The molecule has 11 heteroatoms. The number of methoxy groups -OCH3 is 2. The van der Waals surface area contributed by atoms with Crippen molar-refractivity contribution in [1.29, 1.82) is 0 Å². The maximum Gasteiger partial charge on any atom is 0.310 e. The number of allylic oxidation sites excluding steroid dienone is 1. The molecule has 10 rings (SSSR count). The molecule has 0 unspecified atom stereocenters. The minimum Gasteiger partial charge on any atom is -0.508 e. The summed E-state index contributed by atoms with van der Waals surface area (Å²) in [6.45, 7) is 1.50. The van der Waals surface area contributed by atoms with Crippen LogP contribution in [0.1, 0.15) is 83.4 Å². The number of esters is 2. The van der Waals surface area contributed by atoms with Crippen LogP contribution in [0.4, 0.5) is 0 Å². The van der Waals surface area contributed by atoms with Gasteiger partial charge in [-0.25, -0.2) is 0 Å². The Morgan fingerprint density at radius 3 is 2.30 bits per heavy atom. The van der Waals surface area contributed by atoms with Crippen molar-refractivity contribution in [2.24, 2.45) is 23.2 Å². The molecule has 0 bridgehead atoms. The summed E-state index contributed by atoms with van der Waals surface area (Å²) in [5.41, 5.74) is 7.37. The van der Waals surface area contributed by atoms with Gasteiger partial charge in [-0.1, -0.05) is 78.9 Å². The van der Waals surface area contributed by atoms with E-state index in [1.54, 1.807) is 24.3 Å². The molecule has 4 aliphatic carbocycles. The van der Waals surface area contributed by atoms with E-state index in [2.05, 4.69) is 18.2 Å². The third-order valence-corrected chi connectivity index (χ3v) is 15.9. The van der Waals surface area contributed by atoms with Crippen molar-refractivity contribution in [3.05, 3.63) is 154 Å². The summed E-state index contributed by atoms with van der Waals surface area (Å²) in [6, 6.07) is 34.5. The summed E-state index contributed by atoms with van der Waals surface area (Å²) < 4.78 is 24.5. The second-order valence-corrected chi connectivity index (χ2v) is 19.8. The Labute approximate surface area is 408 Å². The van der Waals surface area contributed by atoms with Crippen molar-refractivity contribution < 1.29 is 54.1 Å². The van der Waals surface area contributed by atoms with E-state index in [0.29, 0.717) is 50.0 Å². The number of carbonyl (C=O) groups is 2. The zero-order valence-electron chi connectivity index (χ0n) is 39.7. The molecule has 0 aliphatic heterocycles. The summed E-state index contributed by atoms with van der Waals surface area (Å²) in [6.07, 6.45) is 5.26. The maximum absolute atomic E-state index is 14.6. The SMILES string of the molecule is COc1cc2c(cc1O)[C@@H]1C[C@H](O)[C@H]3Cc4cc(O)c(OC)cc4[C@H]4C[C@H](OC(=O)Cc5ccc6cc(O)cc(-c7cccc(CCCO)c7)c6c5)C[C@@H](OC(C)=O)[C@@H](C2)[C@]1(/C=C/c1ccccc1)[C@H]34. The van der Waals surface area contributed by atoms with Crippen LogP contribution in [0, 0.1) is 23.2 Å². The highest BCUT2D eigenvalue weighted by Gasteiger charge is 2.65. The highest BCUT2D eigenvalue weighted by atomic mass is 16.6. The summed E-state index contributed by atoms with van der Waals surface area (Å²) in [4.78, 5) is 28.0. The Morgan fingerprint density at radius 1 is 0.757 bits per heavy atom. The second kappa shape index (κ2) is 19.2. The van der Waals surface area contributed by atoms with E-state index in [1.165, 1.54) is 21.1 Å². The van der Waals surface area contributed by atoms with Crippen LogP contribution in [0.5, 0.6) is 28.7 Å². The van der Waals surface area contributed by atoms with E-state index in [0.717, 1.165) is 60.8 Å². The number of benzene rings is 6. The normalized spacial score (nSPS) is 25.4. The predicted octanol–water partition coefficient (Wildman–Crippen LogP) is 9.74. The van der Waals surface area contributed by atoms with Crippen LogP contribution < -0.4 is 9.47 Å². The standard InChI is InChI=1S/C59H60O11/c1-33(61)69-54-29-42(70-57(66)21-36-14-15-38-22-41(62)27-44(43(38)20-36)37-13-7-11-35(19-37)12-8-18-60)28-47-45-31-56(68-3)52(64)25-39(45)23-48-51(63)32-49-46-30-53(65)55(67-2)26-40(46)24-50(54)59(49,58(47)48)17-16-34-9-5-4-6-10-34/h4-7,9-11,13-17,19-20,22,25-27,30-31,42,47-51,54,58,60,62-65H,8,12,18,21,23-24,28-29,32H2,1-3H3/b17-16+/t42-,47+,48+,49-,50+,51-,54+,58-,59+/m0/s1. The van der Waals surface area contributed by atoms with Crippen LogP contribution in [-0.4, -0.2) is 76.6 Å². The molecule has 9 atom stereocenters. The lowest BCUT2D eigenvalue weighted by Gasteiger charge is -2.64. The number of fused-ring (bicyclic) bond motifs is 5. The van der Waals surface area contributed by atoms with Crippen molar-refractivity contribution in [3.63, 3.8) is 0 Å². The fraction of sp³-hybridized carbons (Fsp3) is 0.356. The van der Waals surface area contributed by atoms with Gasteiger partial charge in [-0.2, -0.15) is 0 Å². The van der Waals surface area contributed by atoms with Gasteiger partial charge in [0.1, 0.15) is 18.0 Å². The number of hydrogen-bond acceptors (Lipinski definition) is 11. The summed E-state index contributed by atoms with van der Waals surface area (Å²) >= 11 is 0. The number of aromatic hydroxyl groups is 3. The third-order valence-electron chi connectivity index (χ3n) is 15.9. The van der Waals surface area contributed by atoms with Crippen LogP contribution in [-0.2, 0) is 44.7 Å². The Kier molecular flexibility index (Phi) is 12.8. The number of hydrogen-bond donors (Lipinski definition) is 5. The Morgan fingerprint density at radius 2 is 1.53 bits per heavy atom. The maximum atomic E-state index is 14.6. The van der Waals surface area contributed by atoms with Crippen molar-refractivity contribution in [1.82, 2.24) is 0 Å². The van der Waals surface area contributed by atoms with E-state index in [1.807, 2.05) is 78.9 Å². The fourth-order valence-electron chi connectivity index (χ4n) is 13.2. The van der Waals surface area contributed by atoms with Crippen molar-refractivity contribution in [2.45, 2.75) is 88.4 Å². The van der Waals surface area contributed by atoms with Crippen LogP contribution in [0.25, 0.3) is 28.0 Å². The minimum absolute atomic E-state index is 0.00218. The predicted molar refractivity (Wildman–Crippen MR) is 266 cm³/mol. The molecule has 4 aliphatic rings. The second-order valence-electron chi connectivity index (χ2n) is 19.8. The Bertz CT molecular complexity index is 2980. The summed E-state index contributed by atoms with van der Waals surface area (Å²) in [7, 11) is 3.04. The van der Waals surface area contributed by atoms with E-state index in [9.17, 15) is 35.1 Å². The molecule has 70 heavy (non-hydrogen) atoms. The van der Waals surface area contributed by atoms with Gasteiger partial charge in [-0.05, 0) is 166 Å². The number of aliphatic hydroxyl groups is 2. The van der Waals surface area contributed by atoms with Gasteiger partial charge >= 0.3 is 11.9 Å². The van der Waals surface area contributed by atoms with Gasteiger partial charge in [-0.3, -0.25) is 9.59 Å². The number of aliphatic hydroxyl groups excluding tert-OH is 2. The zero-order chi connectivity index (χ0) is 48.8. The first kappa shape index (κ1) is 46.9. The van der Waals surface area contributed by atoms with Gasteiger partial charge in [0.15, 0.2) is 23.0 Å². The lowest BCUT2D eigenvalue weighted by molar-refractivity contribution is -0.175. The molecule has 0 saturated heterocycles. The molecule has 2 saturated carbocycles. The van der Waals surface area contributed by atoms with E-state index >= 15 is 0 Å². The molecular weight excluding hydrogens is 885 g/mol. The smallest absolute Gasteiger partial charge is 0.310 e. The molecule has 6 aromatic carbocycles. The summed E-state index contributed by atoms with van der Waals surface area (Å²) in [5.74, 6) is -1.83. The Hall–Kier alpha value is -6.82. The molecule has 0 heterocycles. The van der Waals surface area contributed by atoms with Gasteiger partial charge in [0.05, 0.1) is 26.7 Å². The monoisotopic (exact) mass is 944 g/mol. The summed E-state index contributed by atoms with van der Waals surface area (Å²) in [5, 5.41) is 57.0. The number of carbonyl (C=O) groups excluding carboxylic acids is 2. The Balaban J connectivity index is 1.09. The van der Waals surface area contributed by atoms with Gasteiger partial charge < -0.3 is 44.5 Å². The van der Waals surface area contributed by atoms with Crippen LogP contribution in [0.15, 0.2) is 115 Å². The van der Waals surface area contributed by atoms with Gasteiger partial charge in [0.2, 0.25) is 0 Å². The molecular formula is C59H60O11. The van der Waals surface area contributed by atoms with E-state index < -0.39 is 35.7 Å². The largest absolute Gasteiger partial charge is 0.508 e. The first-order chi connectivity index (χ1) is 33.9. The van der Waals surface area contributed by atoms with Gasteiger partial charge in [0, 0.05) is 31.3 Å². The number of aryl methyl sites for hydroxylation is 1. The molecule has 2 fully saturated rings. The fourth-order valence-corrected chi connectivity index (χ4v) is 13.2. The first-order valence-corrected chi connectivity index (χ1v) is 24.4. The number of ether oxygens (including phenoxy) is 4. The minimum atomic E-state index is -0.792. The van der Waals surface area contributed by atoms with Gasteiger partial charge in [0.25, 0.3) is 0 Å². The topological polar surface area (TPSA) is 172 Å². The quantitative estimate of drug-likeness (QED) is 0.0740. The van der Waals surface area contributed by atoms with Crippen LogP contribution in [0.2, 0.25) is 0 Å². The highest BCUT2D eigenvalue weighted by molar-refractivity contribution is 5.98. The number of rotatable bonds is 12. The lowest BCUT2D eigenvalue weighted by Crippen LogP contribution is -2.62. The highest BCUT2D eigenvalue weighted by Crippen LogP contribution is 2.69. The van der Waals surface area contributed by atoms with Crippen molar-refractivity contribution in [3.8, 4) is 39.9 Å². The molecule has 362 valence electrons. The van der Waals surface area contributed by atoms with E-state index in [-0.39, 0.29) is 66.3 Å². The van der Waals surface area contributed by atoms with Crippen molar-refractivity contribution >= 4 is 28.8 Å².